The predicted molar refractivity (Wildman–Crippen MR) is 106 cm³/mol. The Morgan fingerprint density at radius 3 is 2.83 bits per heavy atom. The molecule has 1 aromatic carbocycles. The van der Waals surface area contributed by atoms with Crippen LogP contribution in [0, 0.1) is 6.92 Å². The minimum Gasteiger partial charge on any atom is -0.490 e. The molecule has 24 heavy (non-hydrogen) atoms. The fraction of sp³-hybridized carbons (Fsp3) is 0.400. The lowest BCUT2D eigenvalue weighted by atomic mass is 10.3. The molecule has 0 bridgehead atoms. The molecule has 0 fully saturated rings. The summed E-state index contributed by atoms with van der Waals surface area (Å²) in [4.78, 5) is 4.30. The number of nitrogens with one attached hydrogen (secondary N) is 1. The van der Waals surface area contributed by atoms with Crippen LogP contribution in [0.15, 0.2) is 23.2 Å². The van der Waals surface area contributed by atoms with Crippen LogP contribution in [0.1, 0.15) is 16.4 Å². The third-order valence-electron chi connectivity index (χ3n) is 3.20. The minimum atomic E-state index is 0. The van der Waals surface area contributed by atoms with Crippen molar-refractivity contribution in [3.63, 3.8) is 0 Å². The maximum Gasteiger partial charge on any atom is 0.193 e. The van der Waals surface area contributed by atoms with E-state index in [9.17, 15) is 0 Å². The van der Waals surface area contributed by atoms with Crippen molar-refractivity contribution < 1.29 is 9.47 Å². The molecule has 0 saturated heterocycles. The first-order valence-corrected chi connectivity index (χ1v) is 8.28. The Morgan fingerprint density at radius 1 is 1.29 bits per heavy atom. The summed E-state index contributed by atoms with van der Waals surface area (Å²) in [6.07, 6.45) is 1.61. The number of hydrogen-bond acceptors (Lipinski definition) is 6. The van der Waals surface area contributed by atoms with Crippen molar-refractivity contribution in [3.05, 3.63) is 28.2 Å². The number of ether oxygens (including phenoxy) is 2. The summed E-state index contributed by atoms with van der Waals surface area (Å²) in [6.45, 7) is 3.83. The van der Waals surface area contributed by atoms with Gasteiger partial charge >= 0.3 is 0 Å². The SMILES string of the molecule is Cc1nnc(CCN=C(N)Nc2ccc3c(c2)OCCCO3)s1.I. The van der Waals surface area contributed by atoms with Crippen LogP contribution in [0.3, 0.4) is 0 Å². The van der Waals surface area contributed by atoms with E-state index in [1.165, 1.54) is 0 Å². The minimum absolute atomic E-state index is 0. The van der Waals surface area contributed by atoms with Crippen LogP contribution >= 0.6 is 35.3 Å². The number of fused-ring (bicyclic) bond motifs is 1. The van der Waals surface area contributed by atoms with Crippen LogP contribution in [0.25, 0.3) is 0 Å². The molecular weight excluding hydrogens is 441 g/mol. The lowest BCUT2D eigenvalue weighted by Crippen LogP contribution is -2.23. The number of benzene rings is 1. The number of nitrogens with two attached hydrogens (primary N) is 1. The van der Waals surface area contributed by atoms with E-state index in [0.717, 1.165) is 40.0 Å². The summed E-state index contributed by atoms with van der Waals surface area (Å²) >= 11 is 1.58. The number of aryl methyl sites for hydroxylation is 1. The Bertz CT molecular complexity index is 707. The van der Waals surface area contributed by atoms with Gasteiger partial charge in [-0.05, 0) is 19.1 Å². The molecule has 0 spiro atoms. The lowest BCUT2D eigenvalue weighted by molar-refractivity contribution is 0.297. The van der Waals surface area contributed by atoms with E-state index in [4.69, 9.17) is 15.2 Å². The third-order valence-corrected chi connectivity index (χ3v) is 4.09. The first-order valence-electron chi connectivity index (χ1n) is 7.46. The monoisotopic (exact) mass is 461 g/mol. The van der Waals surface area contributed by atoms with Gasteiger partial charge in [0, 0.05) is 31.1 Å². The number of aromatic nitrogens is 2. The Morgan fingerprint density at radius 2 is 2.08 bits per heavy atom. The average molecular weight is 461 g/mol. The van der Waals surface area contributed by atoms with E-state index in [-0.39, 0.29) is 24.0 Å². The third kappa shape index (κ3) is 5.20. The van der Waals surface area contributed by atoms with E-state index >= 15 is 0 Å². The number of rotatable bonds is 4. The second kappa shape index (κ2) is 9.02. The van der Waals surface area contributed by atoms with Crippen LogP contribution < -0.4 is 20.5 Å². The number of aliphatic imine (C=N–C) groups is 1. The molecule has 2 aromatic rings. The first-order chi connectivity index (χ1) is 11.2. The number of hydrogen-bond donors (Lipinski definition) is 2. The van der Waals surface area contributed by atoms with Crippen LogP contribution in [-0.4, -0.2) is 35.9 Å². The molecule has 0 atom stereocenters. The van der Waals surface area contributed by atoms with Crippen molar-refractivity contribution in [1.29, 1.82) is 0 Å². The van der Waals surface area contributed by atoms with Crippen LogP contribution in [0.4, 0.5) is 5.69 Å². The topological polar surface area (TPSA) is 94.7 Å². The molecule has 7 nitrogen and oxygen atoms in total. The molecular formula is C15H20IN5O2S. The van der Waals surface area contributed by atoms with Gasteiger partial charge < -0.3 is 20.5 Å². The van der Waals surface area contributed by atoms with Gasteiger partial charge in [0.2, 0.25) is 0 Å². The van der Waals surface area contributed by atoms with Crippen LogP contribution in [0.2, 0.25) is 0 Å². The zero-order valence-corrected chi connectivity index (χ0v) is 16.5. The highest BCUT2D eigenvalue weighted by Crippen LogP contribution is 2.32. The standard InChI is InChI=1S/C15H19N5O2S.HI/c1-10-19-20-14(23-10)5-6-17-15(16)18-11-3-4-12-13(9-11)22-8-2-7-21-12;/h3-4,9H,2,5-8H2,1H3,(H3,16,17,18);1H. The molecule has 1 aliphatic rings. The van der Waals surface area contributed by atoms with E-state index < -0.39 is 0 Å². The molecule has 3 N–H and O–H groups in total. The highest BCUT2D eigenvalue weighted by Gasteiger charge is 2.10. The molecule has 9 heteroatoms. The van der Waals surface area contributed by atoms with Crippen molar-refractivity contribution in [2.24, 2.45) is 10.7 Å². The molecule has 0 radical (unpaired) electrons. The van der Waals surface area contributed by atoms with Crippen molar-refractivity contribution in [3.8, 4) is 11.5 Å². The first kappa shape index (κ1) is 18.7. The van der Waals surface area contributed by atoms with Gasteiger partial charge in [-0.15, -0.1) is 45.5 Å². The second-order valence-corrected chi connectivity index (χ2v) is 6.33. The zero-order valence-electron chi connectivity index (χ0n) is 13.3. The molecule has 0 saturated carbocycles. The van der Waals surface area contributed by atoms with E-state index in [1.54, 1.807) is 11.3 Å². The lowest BCUT2D eigenvalue weighted by Gasteiger charge is -2.10. The Labute approximate surface area is 161 Å². The van der Waals surface area contributed by atoms with Gasteiger partial charge in [-0.1, -0.05) is 0 Å². The second-order valence-electron chi connectivity index (χ2n) is 5.07. The summed E-state index contributed by atoms with van der Waals surface area (Å²) in [5.74, 6) is 1.85. The van der Waals surface area contributed by atoms with Crippen LogP contribution in [0.5, 0.6) is 11.5 Å². The number of guanidine groups is 1. The van der Waals surface area contributed by atoms with Gasteiger partial charge in [0.25, 0.3) is 0 Å². The normalized spacial score (nSPS) is 13.8. The predicted octanol–water partition coefficient (Wildman–Crippen LogP) is 2.60. The quantitative estimate of drug-likeness (QED) is 0.413. The summed E-state index contributed by atoms with van der Waals surface area (Å²) in [5.41, 5.74) is 6.74. The van der Waals surface area contributed by atoms with Gasteiger partial charge in [-0.3, -0.25) is 4.99 Å². The smallest absolute Gasteiger partial charge is 0.193 e. The molecule has 0 aliphatic carbocycles. The summed E-state index contributed by atoms with van der Waals surface area (Å²) in [6, 6.07) is 5.64. The molecule has 3 rings (SSSR count). The van der Waals surface area contributed by atoms with Gasteiger partial charge in [0.05, 0.1) is 13.2 Å². The number of anilines is 1. The van der Waals surface area contributed by atoms with Crippen molar-refractivity contribution in [2.75, 3.05) is 25.1 Å². The summed E-state index contributed by atoms with van der Waals surface area (Å²) < 4.78 is 11.3. The Kier molecular flexibility index (Phi) is 7.03. The highest BCUT2D eigenvalue weighted by molar-refractivity contribution is 14.0. The molecule has 2 heterocycles. The Balaban J connectivity index is 0.00000208. The molecule has 0 unspecified atom stereocenters. The number of halogens is 1. The van der Waals surface area contributed by atoms with E-state index in [1.807, 2.05) is 25.1 Å². The van der Waals surface area contributed by atoms with Crippen molar-refractivity contribution >= 4 is 47.0 Å². The van der Waals surface area contributed by atoms with Crippen molar-refractivity contribution in [1.82, 2.24) is 10.2 Å². The summed E-state index contributed by atoms with van der Waals surface area (Å²) in [7, 11) is 0. The summed E-state index contributed by atoms with van der Waals surface area (Å²) in [5, 5.41) is 13.0. The van der Waals surface area contributed by atoms with Gasteiger partial charge in [0.1, 0.15) is 10.0 Å². The molecule has 1 aromatic heterocycles. The highest BCUT2D eigenvalue weighted by atomic mass is 127. The largest absolute Gasteiger partial charge is 0.490 e. The van der Waals surface area contributed by atoms with Crippen molar-refractivity contribution in [2.45, 2.75) is 19.8 Å². The molecule has 130 valence electrons. The Hall–Kier alpha value is -1.62. The van der Waals surface area contributed by atoms with Gasteiger partial charge in [-0.2, -0.15) is 0 Å². The fourth-order valence-electron chi connectivity index (χ4n) is 2.14. The average Bonchev–Trinajstić information content (AvgIpc) is 2.81. The maximum atomic E-state index is 5.92. The van der Waals surface area contributed by atoms with Gasteiger partial charge in [-0.25, -0.2) is 0 Å². The van der Waals surface area contributed by atoms with Crippen LogP contribution in [-0.2, 0) is 6.42 Å². The molecule has 1 aliphatic heterocycles. The van der Waals surface area contributed by atoms with E-state index in [2.05, 4.69) is 20.5 Å². The zero-order chi connectivity index (χ0) is 16.1. The number of nitrogens with zero attached hydrogens (tertiary/aromatic N) is 3. The fourth-order valence-corrected chi connectivity index (χ4v) is 2.84. The van der Waals surface area contributed by atoms with Gasteiger partial charge in [0.15, 0.2) is 17.5 Å². The molecule has 0 amide bonds. The maximum absolute atomic E-state index is 5.92. The van der Waals surface area contributed by atoms with E-state index in [0.29, 0.717) is 25.7 Å².